The Balaban J connectivity index is 1.55. The lowest BCUT2D eigenvalue weighted by Gasteiger charge is -2.18. The molecule has 0 amide bonds. The zero-order valence-electron chi connectivity index (χ0n) is 17.9. The van der Waals surface area contributed by atoms with E-state index in [0.29, 0.717) is 0 Å². The van der Waals surface area contributed by atoms with Gasteiger partial charge >= 0.3 is 0 Å². The minimum atomic E-state index is 0.746. The first kappa shape index (κ1) is 19.7. The highest BCUT2D eigenvalue weighted by Crippen LogP contribution is 2.32. The molecule has 2 fully saturated rings. The van der Waals surface area contributed by atoms with Gasteiger partial charge in [-0.1, -0.05) is 11.8 Å². The van der Waals surface area contributed by atoms with Crippen LogP contribution in [-0.2, 0) is 0 Å². The van der Waals surface area contributed by atoms with Crippen LogP contribution in [0.5, 0.6) is 5.75 Å². The normalized spacial score (nSPS) is 16.5. The number of aromatic amines is 1. The van der Waals surface area contributed by atoms with Crippen LogP contribution in [0.15, 0.2) is 30.6 Å². The highest BCUT2D eigenvalue weighted by atomic mass is 16.5. The molecule has 31 heavy (non-hydrogen) atoms. The molecule has 7 nitrogen and oxygen atoms in total. The minimum Gasteiger partial charge on any atom is -0.495 e. The Morgan fingerprint density at radius 3 is 2.65 bits per heavy atom. The maximum atomic E-state index is 5.68. The molecule has 4 heterocycles. The van der Waals surface area contributed by atoms with Gasteiger partial charge in [-0.3, -0.25) is 4.90 Å². The van der Waals surface area contributed by atoms with Gasteiger partial charge in [0.05, 0.1) is 30.4 Å². The molecule has 0 unspecified atom stereocenters. The highest BCUT2D eigenvalue weighted by Gasteiger charge is 2.19. The van der Waals surface area contributed by atoms with Gasteiger partial charge in [-0.05, 0) is 57.0 Å². The minimum absolute atomic E-state index is 0.746. The fraction of sp³-hybridized carbons (Fsp3) is 0.417. The van der Waals surface area contributed by atoms with Gasteiger partial charge in [0.2, 0.25) is 5.95 Å². The molecule has 2 aromatic heterocycles. The van der Waals surface area contributed by atoms with E-state index in [1.165, 1.54) is 25.7 Å². The van der Waals surface area contributed by atoms with Crippen LogP contribution in [0, 0.1) is 11.8 Å². The average Bonchev–Trinajstić information content (AvgIpc) is 3.56. The third-order valence-electron chi connectivity index (χ3n) is 5.98. The van der Waals surface area contributed by atoms with E-state index in [1.807, 2.05) is 30.6 Å². The number of likely N-dealkylation sites (tertiary alicyclic amines) is 1. The van der Waals surface area contributed by atoms with E-state index in [2.05, 4.69) is 31.9 Å². The van der Waals surface area contributed by atoms with Crippen LogP contribution in [0.25, 0.3) is 10.9 Å². The maximum absolute atomic E-state index is 5.68. The number of benzene rings is 1. The largest absolute Gasteiger partial charge is 0.495 e. The molecule has 0 aliphatic carbocycles. The Kier molecular flexibility index (Phi) is 5.63. The summed E-state index contributed by atoms with van der Waals surface area (Å²) in [5, 5.41) is 4.36. The molecule has 3 aromatic rings. The van der Waals surface area contributed by atoms with Crippen LogP contribution in [0.4, 0.5) is 17.5 Å². The lowest BCUT2D eigenvalue weighted by Crippen LogP contribution is -2.21. The van der Waals surface area contributed by atoms with Crippen molar-refractivity contribution in [3.05, 3.63) is 36.2 Å². The number of aromatic nitrogens is 3. The molecule has 0 radical (unpaired) electrons. The van der Waals surface area contributed by atoms with E-state index in [9.17, 15) is 0 Å². The first-order valence-electron chi connectivity index (χ1n) is 11.1. The summed E-state index contributed by atoms with van der Waals surface area (Å²) in [4.78, 5) is 17.5. The fourth-order valence-corrected chi connectivity index (χ4v) is 4.29. The number of nitrogens with one attached hydrogen (secondary N) is 2. The van der Waals surface area contributed by atoms with Gasteiger partial charge in [0.25, 0.3) is 0 Å². The van der Waals surface area contributed by atoms with E-state index in [1.54, 1.807) is 7.11 Å². The molecule has 1 aromatic carbocycles. The first-order chi connectivity index (χ1) is 15.3. The number of fused-ring (bicyclic) bond motifs is 1. The van der Waals surface area contributed by atoms with Crippen molar-refractivity contribution in [2.75, 3.05) is 50.1 Å². The zero-order valence-corrected chi connectivity index (χ0v) is 17.9. The Hall–Kier alpha value is -3.24. The van der Waals surface area contributed by atoms with Gasteiger partial charge in [0, 0.05) is 30.9 Å². The van der Waals surface area contributed by atoms with Crippen molar-refractivity contribution in [3.63, 3.8) is 0 Å². The third kappa shape index (κ3) is 4.30. The van der Waals surface area contributed by atoms with Crippen molar-refractivity contribution < 1.29 is 4.74 Å². The van der Waals surface area contributed by atoms with Crippen molar-refractivity contribution in [2.24, 2.45) is 0 Å². The fourth-order valence-electron chi connectivity index (χ4n) is 4.29. The molecule has 2 N–H and O–H groups in total. The molecule has 2 aliphatic rings. The monoisotopic (exact) mass is 416 g/mol. The average molecular weight is 417 g/mol. The summed E-state index contributed by atoms with van der Waals surface area (Å²) in [6.45, 7) is 5.07. The standard InChI is InChI=1S/C24H28N6O/c1-31-22-16-20-21(15-18(22)7-6-12-29-10-2-3-11-29)27-24(30-13-4-5-14-30)28-23(20)26-19-8-9-25-17-19/h8-9,15-17,25H,2-5,10-14H2,1H3,(H,26,27,28). The molecule has 5 rings (SSSR count). The van der Waals surface area contributed by atoms with Gasteiger partial charge in [-0.2, -0.15) is 4.98 Å². The third-order valence-corrected chi connectivity index (χ3v) is 5.98. The second-order valence-corrected chi connectivity index (χ2v) is 8.15. The smallest absolute Gasteiger partial charge is 0.227 e. The second-order valence-electron chi connectivity index (χ2n) is 8.15. The van der Waals surface area contributed by atoms with Gasteiger partial charge in [-0.25, -0.2) is 4.98 Å². The number of H-pyrrole nitrogens is 1. The Morgan fingerprint density at radius 1 is 1.10 bits per heavy atom. The highest BCUT2D eigenvalue weighted by molar-refractivity contribution is 5.94. The molecule has 0 atom stereocenters. The molecule has 7 heteroatoms. The van der Waals surface area contributed by atoms with Crippen LogP contribution >= 0.6 is 0 Å². The predicted octanol–water partition coefficient (Wildman–Crippen LogP) is 3.76. The SMILES string of the molecule is COc1cc2c(Nc3cc[nH]c3)nc(N3CCCC3)nc2cc1C#CCN1CCCC1. The van der Waals surface area contributed by atoms with Gasteiger partial charge in [-0.15, -0.1) is 0 Å². The van der Waals surface area contributed by atoms with E-state index in [-0.39, 0.29) is 0 Å². The van der Waals surface area contributed by atoms with Gasteiger partial charge < -0.3 is 19.9 Å². The van der Waals surface area contributed by atoms with E-state index < -0.39 is 0 Å². The number of hydrogen-bond donors (Lipinski definition) is 2. The zero-order chi connectivity index (χ0) is 21.0. The Morgan fingerprint density at radius 2 is 1.90 bits per heavy atom. The van der Waals surface area contributed by atoms with Crippen molar-refractivity contribution >= 4 is 28.4 Å². The van der Waals surface area contributed by atoms with Crippen molar-refractivity contribution in [1.82, 2.24) is 19.9 Å². The maximum Gasteiger partial charge on any atom is 0.227 e. The number of ether oxygens (including phenoxy) is 1. The van der Waals surface area contributed by atoms with E-state index in [4.69, 9.17) is 14.7 Å². The molecule has 160 valence electrons. The number of nitrogens with zero attached hydrogens (tertiary/aromatic N) is 4. The van der Waals surface area contributed by atoms with Crippen LogP contribution in [0.2, 0.25) is 0 Å². The summed E-state index contributed by atoms with van der Waals surface area (Å²) in [7, 11) is 1.69. The second kappa shape index (κ2) is 8.86. The summed E-state index contributed by atoms with van der Waals surface area (Å²) < 4.78 is 5.68. The summed E-state index contributed by atoms with van der Waals surface area (Å²) in [5.74, 6) is 8.94. The number of methoxy groups -OCH3 is 1. The molecule has 0 bridgehead atoms. The van der Waals surface area contributed by atoms with Crippen LogP contribution in [0.3, 0.4) is 0 Å². The summed E-state index contributed by atoms with van der Waals surface area (Å²) in [6, 6.07) is 6.02. The summed E-state index contributed by atoms with van der Waals surface area (Å²) in [6.07, 6.45) is 8.71. The molecule has 0 saturated carbocycles. The predicted molar refractivity (Wildman–Crippen MR) is 124 cm³/mol. The number of anilines is 3. The van der Waals surface area contributed by atoms with Gasteiger partial charge in [0.1, 0.15) is 11.6 Å². The van der Waals surface area contributed by atoms with Crippen molar-refractivity contribution in [1.29, 1.82) is 0 Å². The van der Waals surface area contributed by atoms with Crippen LogP contribution in [-0.4, -0.2) is 59.7 Å². The molecule has 2 saturated heterocycles. The lowest BCUT2D eigenvalue weighted by atomic mass is 10.1. The summed E-state index contributed by atoms with van der Waals surface area (Å²) in [5.41, 5.74) is 2.70. The number of hydrogen-bond acceptors (Lipinski definition) is 6. The number of rotatable bonds is 5. The Labute approximate surface area is 182 Å². The lowest BCUT2D eigenvalue weighted by molar-refractivity contribution is 0.383. The quantitative estimate of drug-likeness (QED) is 0.618. The molecular weight excluding hydrogens is 388 g/mol. The van der Waals surface area contributed by atoms with E-state index in [0.717, 1.165) is 72.4 Å². The first-order valence-corrected chi connectivity index (χ1v) is 11.1. The van der Waals surface area contributed by atoms with Crippen molar-refractivity contribution in [3.8, 4) is 17.6 Å². The summed E-state index contributed by atoms with van der Waals surface area (Å²) >= 11 is 0. The molecule has 2 aliphatic heterocycles. The van der Waals surface area contributed by atoms with Crippen LogP contribution < -0.4 is 15.0 Å². The van der Waals surface area contributed by atoms with E-state index >= 15 is 0 Å². The van der Waals surface area contributed by atoms with Crippen molar-refractivity contribution in [2.45, 2.75) is 25.7 Å². The van der Waals surface area contributed by atoms with Crippen LogP contribution in [0.1, 0.15) is 31.2 Å². The topological polar surface area (TPSA) is 69.3 Å². The Bertz CT molecular complexity index is 1100. The van der Waals surface area contributed by atoms with Gasteiger partial charge in [0.15, 0.2) is 0 Å². The molecule has 0 spiro atoms. The molecular formula is C24H28N6O.